The van der Waals surface area contributed by atoms with Crippen LogP contribution in [0, 0.1) is 6.92 Å². The van der Waals surface area contributed by atoms with Gasteiger partial charge in [0.05, 0.1) is 47.8 Å². The number of methoxy groups -OCH3 is 2. The van der Waals surface area contributed by atoms with Crippen molar-refractivity contribution in [3.63, 3.8) is 0 Å². The van der Waals surface area contributed by atoms with E-state index in [1.54, 1.807) is 31.3 Å². The summed E-state index contributed by atoms with van der Waals surface area (Å²) in [6, 6.07) is 11.9. The van der Waals surface area contributed by atoms with Gasteiger partial charge in [-0.25, -0.2) is 9.78 Å². The van der Waals surface area contributed by atoms with Gasteiger partial charge in [0.1, 0.15) is 0 Å². The maximum absolute atomic E-state index is 12.3. The number of nitrogens with one attached hydrogen (secondary N) is 1. The predicted octanol–water partition coefficient (Wildman–Crippen LogP) is 3.56. The zero-order chi connectivity index (χ0) is 24.4. The van der Waals surface area contributed by atoms with Gasteiger partial charge in [0, 0.05) is 17.3 Å². The number of amides is 1. The van der Waals surface area contributed by atoms with E-state index in [4.69, 9.17) is 15.2 Å². The number of carboxylic acids is 1. The number of hydrogen-bond acceptors (Lipinski definition) is 8. The van der Waals surface area contributed by atoms with Gasteiger partial charge < -0.3 is 25.6 Å². The van der Waals surface area contributed by atoms with E-state index in [0.29, 0.717) is 39.4 Å². The number of carbonyl (C=O) groups is 2. The van der Waals surface area contributed by atoms with Crippen molar-refractivity contribution in [2.45, 2.75) is 6.92 Å². The standard InChI is InChI=1S/C24H21N5O5/c1-12-19(21(25)30)20(28-15-6-4-5-14(9-15)23(31)32)16-8-7-13(10-18(16)27-12)17-11-26-24(34-3)29-22(17)33-2/h4-11H,1-3H3,(H2,25,30)(H,27,28)(H,31,32). The number of rotatable bonds is 7. The Balaban J connectivity index is 1.89. The average Bonchev–Trinajstić information content (AvgIpc) is 2.83. The minimum absolute atomic E-state index is 0.106. The Morgan fingerprint density at radius 3 is 2.53 bits per heavy atom. The number of ether oxygens (including phenoxy) is 2. The van der Waals surface area contributed by atoms with Crippen LogP contribution in [-0.2, 0) is 0 Å². The number of pyridine rings is 1. The van der Waals surface area contributed by atoms with Crippen LogP contribution in [0.2, 0.25) is 0 Å². The molecule has 1 amide bonds. The molecule has 0 aliphatic heterocycles. The number of aromatic carboxylic acids is 1. The molecule has 4 rings (SSSR count). The van der Waals surface area contributed by atoms with Gasteiger partial charge in [-0.2, -0.15) is 4.98 Å². The van der Waals surface area contributed by atoms with Crippen LogP contribution in [0.5, 0.6) is 11.9 Å². The van der Waals surface area contributed by atoms with Gasteiger partial charge in [-0.1, -0.05) is 18.2 Å². The first-order valence-electron chi connectivity index (χ1n) is 10.1. The minimum Gasteiger partial charge on any atom is -0.480 e. The molecule has 2 aromatic carbocycles. The number of aromatic nitrogens is 3. The number of carboxylic acid groups (broad SMARTS) is 1. The number of anilines is 2. The Morgan fingerprint density at radius 1 is 1.06 bits per heavy atom. The lowest BCUT2D eigenvalue weighted by atomic mass is 10.0. The van der Waals surface area contributed by atoms with Crippen LogP contribution in [0.15, 0.2) is 48.7 Å². The number of aryl methyl sites for hydroxylation is 1. The lowest BCUT2D eigenvalue weighted by molar-refractivity contribution is 0.0696. The van der Waals surface area contributed by atoms with E-state index < -0.39 is 11.9 Å². The normalized spacial score (nSPS) is 10.7. The van der Waals surface area contributed by atoms with Crippen LogP contribution in [0.25, 0.3) is 22.0 Å². The van der Waals surface area contributed by atoms with Crippen molar-refractivity contribution in [1.29, 1.82) is 0 Å². The van der Waals surface area contributed by atoms with Crippen LogP contribution in [0.1, 0.15) is 26.4 Å². The van der Waals surface area contributed by atoms with Gasteiger partial charge in [-0.05, 0) is 36.8 Å². The molecule has 0 bridgehead atoms. The van der Waals surface area contributed by atoms with Gasteiger partial charge in [0.15, 0.2) is 0 Å². The number of benzene rings is 2. The first kappa shape index (κ1) is 22.5. The summed E-state index contributed by atoms with van der Waals surface area (Å²) >= 11 is 0. The number of primary amides is 1. The lowest BCUT2D eigenvalue weighted by Gasteiger charge is -2.16. The Kier molecular flexibility index (Phi) is 5.96. The molecule has 0 aliphatic rings. The molecule has 10 heteroatoms. The van der Waals surface area contributed by atoms with Gasteiger partial charge in [0.2, 0.25) is 5.88 Å². The molecule has 0 atom stereocenters. The highest BCUT2D eigenvalue weighted by Gasteiger charge is 2.19. The zero-order valence-corrected chi connectivity index (χ0v) is 18.6. The van der Waals surface area contributed by atoms with E-state index in [0.717, 1.165) is 5.56 Å². The quantitative estimate of drug-likeness (QED) is 0.377. The van der Waals surface area contributed by atoms with Crippen molar-refractivity contribution in [2.75, 3.05) is 19.5 Å². The van der Waals surface area contributed by atoms with Crippen molar-refractivity contribution < 1.29 is 24.2 Å². The molecular weight excluding hydrogens is 438 g/mol. The monoisotopic (exact) mass is 459 g/mol. The summed E-state index contributed by atoms with van der Waals surface area (Å²) in [6.45, 7) is 1.68. The molecule has 10 nitrogen and oxygen atoms in total. The van der Waals surface area contributed by atoms with Crippen LogP contribution in [0.4, 0.5) is 11.4 Å². The fourth-order valence-corrected chi connectivity index (χ4v) is 3.66. The van der Waals surface area contributed by atoms with Crippen LogP contribution in [-0.4, -0.2) is 46.2 Å². The summed E-state index contributed by atoms with van der Waals surface area (Å²) in [7, 11) is 2.97. The van der Waals surface area contributed by atoms with E-state index in [1.165, 1.54) is 26.4 Å². The number of nitrogens with zero attached hydrogens (tertiary/aromatic N) is 3. The number of fused-ring (bicyclic) bond motifs is 1. The first-order chi connectivity index (χ1) is 16.3. The van der Waals surface area contributed by atoms with Crippen molar-refractivity contribution in [1.82, 2.24) is 15.0 Å². The van der Waals surface area contributed by atoms with E-state index >= 15 is 0 Å². The number of carbonyl (C=O) groups excluding carboxylic acids is 1. The summed E-state index contributed by atoms with van der Waals surface area (Å²) < 4.78 is 10.5. The molecule has 2 heterocycles. The molecule has 0 saturated carbocycles. The predicted molar refractivity (Wildman–Crippen MR) is 126 cm³/mol. The lowest BCUT2D eigenvalue weighted by Crippen LogP contribution is -2.16. The molecule has 0 saturated heterocycles. The second-order valence-corrected chi connectivity index (χ2v) is 7.33. The highest BCUT2D eigenvalue weighted by Crippen LogP contribution is 2.35. The maximum atomic E-state index is 12.3. The molecule has 0 fully saturated rings. The minimum atomic E-state index is -1.06. The van der Waals surface area contributed by atoms with Crippen molar-refractivity contribution >= 4 is 34.2 Å². The van der Waals surface area contributed by atoms with E-state index in [2.05, 4.69) is 20.3 Å². The summed E-state index contributed by atoms with van der Waals surface area (Å²) in [6.07, 6.45) is 1.59. The Bertz CT molecular complexity index is 1440. The number of nitrogens with two attached hydrogens (primary N) is 1. The van der Waals surface area contributed by atoms with Gasteiger partial charge in [-0.3, -0.25) is 9.78 Å². The van der Waals surface area contributed by atoms with Gasteiger partial charge in [-0.15, -0.1) is 0 Å². The second kappa shape index (κ2) is 9.02. The molecule has 2 aromatic heterocycles. The number of hydrogen-bond donors (Lipinski definition) is 3. The molecule has 0 spiro atoms. The van der Waals surface area contributed by atoms with Crippen molar-refractivity contribution in [3.8, 4) is 23.0 Å². The molecule has 0 radical (unpaired) electrons. The fourth-order valence-electron chi connectivity index (χ4n) is 3.66. The average molecular weight is 459 g/mol. The molecule has 4 N–H and O–H groups in total. The van der Waals surface area contributed by atoms with Crippen LogP contribution in [0.3, 0.4) is 0 Å². The highest BCUT2D eigenvalue weighted by atomic mass is 16.5. The van der Waals surface area contributed by atoms with Crippen LogP contribution >= 0.6 is 0 Å². The third-order valence-electron chi connectivity index (χ3n) is 5.21. The Labute approximate surface area is 194 Å². The molecule has 0 unspecified atom stereocenters. The van der Waals surface area contributed by atoms with Crippen LogP contribution < -0.4 is 20.5 Å². The van der Waals surface area contributed by atoms with Crippen molar-refractivity contribution in [3.05, 3.63) is 65.5 Å². The van der Waals surface area contributed by atoms with E-state index in [-0.39, 0.29) is 17.1 Å². The third kappa shape index (κ3) is 4.16. The smallest absolute Gasteiger partial charge is 0.335 e. The maximum Gasteiger partial charge on any atom is 0.335 e. The Morgan fingerprint density at radius 2 is 1.85 bits per heavy atom. The highest BCUT2D eigenvalue weighted by molar-refractivity contribution is 6.09. The largest absolute Gasteiger partial charge is 0.480 e. The van der Waals surface area contributed by atoms with Gasteiger partial charge >= 0.3 is 12.0 Å². The second-order valence-electron chi connectivity index (χ2n) is 7.33. The molecule has 34 heavy (non-hydrogen) atoms. The fraction of sp³-hybridized carbons (Fsp3) is 0.125. The van der Waals surface area contributed by atoms with E-state index in [9.17, 15) is 14.7 Å². The summed E-state index contributed by atoms with van der Waals surface area (Å²) in [4.78, 5) is 36.6. The van der Waals surface area contributed by atoms with Crippen molar-refractivity contribution in [2.24, 2.45) is 5.73 Å². The summed E-state index contributed by atoms with van der Waals surface area (Å²) in [5.41, 5.74) is 9.28. The molecule has 0 aliphatic carbocycles. The third-order valence-corrected chi connectivity index (χ3v) is 5.21. The molecule has 172 valence electrons. The Hall–Kier alpha value is -4.73. The summed E-state index contributed by atoms with van der Waals surface area (Å²) in [5.74, 6) is -1.38. The summed E-state index contributed by atoms with van der Waals surface area (Å²) in [5, 5.41) is 13.1. The first-order valence-corrected chi connectivity index (χ1v) is 10.1. The molecule has 4 aromatic rings. The van der Waals surface area contributed by atoms with Gasteiger partial charge in [0.25, 0.3) is 5.91 Å². The zero-order valence-electron chi connectivity index (χ0n) is 18.6. The topological polar surface area (TPSA) is 150 Å². The SMILES string of the molecule is COc1ncc(-c2ccc3c(Nc4cccc(C(=O)O)c4)c(C(N)=O)c(C)nc3c2)c(OC)n1. The van der Waals surface area contributed by atoms with E-state index in [1.807, 2.05) is 12.1 Å². The molecular formula is C24H21N5O5.